The number of nitrogens with zero attached hydrogens (tertiary/aromatic N) is 2. The molecule has 196 valence electrons. The number of rotatable bonds is 9. The summed E-state index contributed by atoms with van der Waals surface area (Å²) >= 11 is 1.68. The van der Waals surface area contributed by atoms with E-state index in [9.17, 15) is 4.79 Å². The van der Waals surface area contributed by atoms with Crippen molar-refractivity contribution in [3.8, 4) is 5.75 Å². The van der Waals surface area contributed by atoms with Crippen LogP contribution < -0.4 is 4.74 Å². The molecule has 5 aromatic rings. The van der Waals surface area contributed by atoms with Gasteiger partial charge in [-0.1, -0.05) is 31.5 Å². The van der Waals surface area contributed by atoms with E-state index in [-0.39, 0.29) is 5.78 Å². The summed E-state index contributed by atoms with van der Waals surface area (Å²) in [5.74, 6) is 1.09. The Morgan fingerprint density at radius 3 is 2.53 bits per heavy atom. The lowest BCUT2D eigenvalue weighted by Gasteiger charge is -2.23. The molecule has 0 aliphatic heterocycles. The zero-order chi connectivity index (χ0) is 26.1. The molecule has 3 aromatic heterocycles. The van der Waals surface area contributed by atoms with Gasteiger partial charge in [-0.15, -0.1) is 11.3 Å². The highest BCUT2D eigenvalue weighted by atomic mass is 32.1. The second-order valence-electron chi connectivity index (χ2n) is 10.7. The molecule has 0 amide bonds. The van der Waals surface area contributed by atoms with Gasteiger partial charge in [0.2, 0.25) is 5.78 Å². The maximum Gasteiger partial charge on any atom is 0.211 e. The van der Waals surface area contributed by atoms with Crippen molar-refractivity contribution in [2.75, 3.05) is 0 Å². The Morgan fingerprint density at radius 2 is 1.76 bits per heavy atom. The van der Waals surface area contributed by atoms with Crippen LogP contribution in [0.1, 0.15) is 72.6 Å². The quantitative estimate of drug-likeness (QED) is 0.182. The normalized spacial score (nSPS) is 14.5. The van der Waals surface area contributed by atoms with Crippen molar-refractivity contribution in [2.45, 2.75) is 70.9 Å². The third kappa shape index (κ3) is 4.92. The van der Waals surface area contributed by atoms with E-state index in [0.29, 0.717) is 6.10 Å². The van der Waals surface area contributed by atoms with Crippen molar-refractivity contribution in [1.82, 2.24) is 9.13 Å². The summed E-state index contributed by atoms with van der Waals surface area (Å²) in [7, 11) is 1.99. The van der Waals surface area contributed by atoms with Gasteiger partial charge in [-0.25, -0.2) is 0 Å². The van der Waals surface area contributed by atoms with Gasteiger partial charge < -0.3 is 13.9 Å². The highest BCUT2D eigenvalue weighted by Gasteiger charge is 2.21. The van der Waals surface area contributed by atoms with Crippen molar-refractivity contribution < 1.29 is 9.53 Å². The lowest BCUT2D eigenvalue weighted by molar-refractivity contribution is 0.103. The maximum absolute atomic E-state index is 13.8. The summed E-state index contributed by atoms with van der Waals surface area (Å²) in [6.45, 7) is 3.04. The van der Waals surface area contributed by atoms with Gasteiger partial charge >= 0.3 is 0 Å². The van der Waals surface area contributed by atoms with Crippen LogP contribution in [0.4, 0.5) is 0 Å². The molecule has 1 aliphatic carbocycles. The summed E-state index contributed by atoms with van der Waals surface area (Å²) < 4.78 is 11.7. The molecule has 0 bridgehead atoms. The third-order valence-corrected chi connectivity index (χ3v) is 8.99. The average molecular weight is 525 g/mol. The number of benzene rings is 2. The number of carbonyl (C=O) groups excluding carboxylic acids is 1. The molecule has 2 aromatic carbocycles. The number of ketones is 1. The zero-order valence-electron chi connectivity index (χ0n) is 22.4. The molecule has 0 unspecified atom stereocenters. The molecular formula is C33H36N2O2S. The van der Waals surface area contributed by atoms with Crippen molar-refractivity contribution in [3.05, 3.63) is 88.6 Å². The first-order valence-corrected chi connectivity index (χ1v) is 14.9. The molecule has 0 saturated heterocycles. The first kappa shape index (κ1) is 25.0. The van der Waals surface area contributed by atoms with Crippen LogP contribution in [0.25, 0.3) is 21.1 Å². The Bertz CT molecular complexity index is 1560. The number of hydrogen-bond donors (Lipinski definition) is 0. The van der Waals surface area contributed by atoms with Crippen LogP contribution in [0, 0.1) is 0 Å². The van der Waals surface area contributed by atoms with E-state index >= 15 is 0 Å². The lowest BCUT2D eigenvalue weighted by Crippen LogP contribution is -2.19. The van der Waals surface area contributed by atoms with Crippen molar-refractivity contribution in [2.24, 2.45) is 7.05 Å². The van der Waals surface area contributed by atoms with E-state index in [4.69, 9.17) is 4.74 Å². The molecule has 1 saturated carbocycles. The largest absolute Gasteiger partial charge is 0.490 e. The predicted octanol–water partition coefficient (Wildman–Crippen LogP) is 8.33. The Hall–Kier alpha value is -3.31. The molecule has 0 spiro atoms. The zero-order valence-corrected chi connectivity index (χ0v) is 23.2. The topological polar surface area (TPSA) is 36.2 Å². The van der Waals surface area contributed by atoms with Gasteiger partial charge in [0, 0.05) is 36.3 Å². The minimum absolute atomic E-state index is 0.0986. The van der Waals surface area contributed by atoms with Crippen LogP contribution in [0.3, 0.4) is 0 Å². The molecule has 0 radical (unpaired) electrons. The number of fused-ring (bicyclic) bond motifs is 2. The van der Waals surface area contributed by atoms with Crippen molar-refractivity contribution in [3.63, 3.8) is 0 Å². The number of hydrogen-bond acceptors (Lipinski definition) is 3. The number of aromatic nitrogens is 2. The van der Waals surface area contributed by atoms with E-state index in [1.54, 1.807) is 11.3 Å². The van der Waals surface area contributed by atoms with Gasteiger partial charge in [-0.05, 0) is 97.9 Å². The molecule has 0 N–H and O–H groups in total. The minimum atomic E-state index is 0.0986. The number of ether oxygens (including phenoxy) is 1. The van der Waals surface area contributed by atoms with Crippen LogP contribution in [-0.2, 0) is 26.4 Å². The first-order chi connectivity index (χ1) is 18.6. The Labute approximate surface area is 228 Å². The Balaban J connectivity index is 1.19. The summed E-state index contributed by atoms with van der Waals surface area (Å²) in [6.07, 6.45) is 11.7. The minimum Gasteiger partial charge on any atom is -0.490 e. The molecule has 3 heterocycles. The summed E-state index contributed by atoms with van der Waals surface area (Å²) in [5, 5.41) is 3.14. The number of aryl methyl sites for hydroxylation is 4. The van der Waals surface area contributed by atoms with E-state index in [1.807, 2.05) is 17.7 Å². The van der Waals surface area contributed by atoms with Gasteiger partial charge in [0.1, 0.15) is 5.75 Å². The van der Waals surface area contributed by atoms with Crippen LogP contribution >= 0.6 is 11.3 Å². The second kappa shape index (κ2) is 10.8. The molecule has 4 nitrogen and oxygen atoms in total. The van der Waals surface area contributed by atoms with Gasteiger partial charge in [0.25, 0.3) is 0 Å². The fourth-order valence-electron chi connectivity index (χ4n) is 5.90. The number of thiophene rings is 1. The van der Waals surface area contributed by atoms with E-state index in [1.165, 1.54) is 43.2 Å². The molecule has 0 atom stereocenters. The fourth-order valence-corrected chi connectivity index (χ4v) is 6.75. The van der Waals surface area contributed by atoms with Gasteiger partial charge in [0.15, 0.2) is 0 Å². The summed E-state index contributed by atoms with van der Waals surface area (Å²) in [4.78, 5) is 13.8. The smallest absolute Gasteiger partial charge is 0.211 e. The molecule has 1 aliphatic rings. The van der Waals surface area contributed by atoms with E-state index < -0.39 is 0 Å². The first-order valence-electron chi connectivity index (χ1n) is 14.1. The number of carbonyl (C=O) groups is 1. The summed E-state index contributed by atoms with van der Waals surface area (Å²) in [5.41, 5.74) is 6.39. The van der Waals surface area contributed by atoms with Crippen LogP contribution in [0.15, 0.2) is 66.2 Å². The van der Waals surface area contributed by atoms with Crippen LogP contribution in [0.5, 0.6) is 5.75 Å². The molecule has 1 fully saturated rings. The Kier molecular flexibility index (Phi) is 7.12. The van der Waals surface area contributed by atoms with Crippen molar-refractivity contribution in [1.29, 1.82) is 0 Å². The SMILES string of the molecule is CCc1ccc2c(c1)c(C(=O)c1cc3sccc3n1C)cn2CCCc1ccc(OC2CCCCC2)cc1. The monoisotopic (exact) mass is 524 g/mol. The molecular weight excluding hydrogens is 488 g/mol. The van der Waals surface area contributed by atoms with Gasteiger partial charge in [-0.3, -0.25) is 4.79 Å². The lowest BCUT2D eigenvalue weighted by atomic mass is 9.98. The van der Waals surface area contributed by atoms with Crippen LogP contribution in [-0.4, -0.2) is 21.0 Å². The van der Waals surface area contributed by atoms with Gasteiger partial charge in [0.05, 0.1) is 22.0 Å². The standard InChI is InChI=1S/C33H36N2O2S/c1-3-23-13-16-29-27(20-23)28(33(36)31-21-32-30(34(31)2)17-19-38-32)22-35(29)18-7-8-24-11-14-26(15-12-24)37-25-9-5-4-6-10-25/h11-17,19-22,25H,3-10,18H2,1-2H3. The Morgan fingerprint density at radius 1 is 0.974 bits per heavy atom. The molecule has 38 heavy (non-hydrogen) atoms. The van der Waals surface area contributed by atoms with E-state index in [0.717, 1.165) is 63.9 Å². The van der Waals surface area contributed by atoms with E-state index in [2.05, 4.69) is 71.6 Å². The fraction of sp³-hybridized carbons (Fsp3) is 0.364. The maximum atomic E-state index is 13.8. The highest BCUT2D eigenvalue weighted by Crippen LogP contribution is 2.30. The predicted molar refractivity (Wildman–Crippen MR) is 158 cm³/mol. The van der Waals surface area contributed by atoms with Crippen LogP contribution in [0.2, 0.25) is 0 Å². The second-order valence-corrected chi connectivity index (χ2v) is 11.6. The van der Waals surface area contributed by atoms with Gasteiger partial charge in [-0.2, -0.15) is 0 Å². The molecule has 5 heteroatoms. The third-order valence-electron chi connectivity index (χ3n) is 8.14. The average Bonchev–Trinajstić information content (AvgIpc) is 3.64. The highest BCUT2D eigenvalue weighted by molar-refractivity contribution is 7.17. The molecule has 6 rings (SSSR count). The van der Waals surface area contributed by atoms with Crippen molar-refractivity contribution >= 4 is 38.2 Å². The summed E-state index contributed by atoms with van der Waals surface area (Å²) in [6, 6.07) is 19.4.